The van der Waals surface area contributed by atoms with Gasteiger partial charge in [0, 0.05) is 31.4 Å². The molecule has 2 rings (SSSR count). The molecule has 1 aromatic carbocycles. The van der Waals surface area contributed by atoms with E-state index in [0.717, 1.165) is 0 Å². The monoisotopic (exact) mass is 335 g/mol. The van der Waals surface area contributed by atoms with Gasteiger partial charge in [-0.25, -0.2) is 4.79 Å². The third kappa shape index (κ3) is 3.60. The molecule has 128 valence electrons. The third-order valence-electron chi connectivity index (χ3n) is 3.60. The summed E-state index contributed by atoms with van der Waals surface area (Å²) in [4.78, 5) is 33.8. The first-order valence-corrected chi connectivity index (χ1v) is 7.32. The lowest BCUT2D eigenvalue weighted by Gasteiger charge is -2.34. The minimum absolute atomic E-state index is 0.0474. The number of ketones is 1. The van der Waals surface area contributed by atoms with Crippen LogP contribution in [0, 0.1) is 10.1 Å². The number of aliphatic hydroxyl groups is 1. The number of esters is 1. The molecule has 0 saturated heterocycles. The highest BCUT2D eigenvalue weighted by Gasteiger charge is 2.46. The van der Waals surface area contributed by atoms with Crippen LogP contribution in [0.3, 0.4) is 0 Å². The average Bonchev–Trinajstić information content (AvgIpc) is 2.54. The van der Waals surface area contributed by atoms with E-state index in [-0.39, 0.29) is 24.5 Å². The molecule has 0 bridgehead atoms. The highest BCUT2D eigenvalue weighted by molar-refractivity contribution is 5.92. The number of hydrogen-bond acceptors (Lipinski definition) is 7. The van der Waals surface area contributed by atoms with Crippen molar-refractivity contribution < 1.29 is 29.1 Å². The van der Waals surface area contributed by atoms with Gasteiger partial charge in [-0.3, -0.25) is 14.9 Å². The summed E-state index contributed by atoms with van der Waals surface area (Å²) in [5.41, 5.74) is 0.521. The predicted octanol–water partition coefficient (Wildman–Crippen LogP) is 1.82. The van der Waals surface area contributed by atoms with Crippen LogP contribution in [0.5, 0.6) is 0 Å². The molecule has 8 nitrogen and oxygen atoms in total. The Hall–Kier alpha value is -2.74. The van der Waals surface area contributed by atoms with Crippen molar-refractivity contribution in [3.63, 3.8) is 0 Å². The van der Waals surface area contributed by atoms with Crippen molar-refractivity contribution in [1.82, 2.24) is 0 Å². The van der Waals surface area contributed by atoms with Crippen LogP contribution in [-0.2, 0) is 19.1 Å². The normalized spacial score (nSPS) is 23.0. The van der Waals surface area contributed by atoms with Crippen LogP contribution in [0.15, 0.2) is 36.1 Å². The Balaban J connectivity index is 2.37. The van der Waals surface area contributed by atoms with E-state index < -0.39 is 28.4 Å². The third-order valence-corrected chi connectivity index (χ3v) is 3.60. The van der Waals surface area contributed by atoms with Crippen LogP contribution in [0.2, 0.25) is 0 Å². The Morgan fingerprint density at radius 1 is 1.42 bits per heavy atom. The average molecular weight is 335 g/mol. The number of non-ortho nitro benzene ring substituents is 1. The summed E-state index contributed by atoms with van der Waals surface area (Å²) in [5.74, 6) is -4.40. The highest BCUT2D eigenvalue weighted by Crippen LogP contribution is 2.37. The van der Waals surface area contributed by atoms with Gasteiger partial charge in [0.2, 0.25) is 0 Å². The second kappa shape index (κ2) is 6.79. The first-order valence-electron chi connectivity index (χ1n) is 7.32. The number of hydrogen-bond donors (Lipinski definition) is 1. The van der Waals surface area contributed by atoms with Gasteiger partial charge in [-0.15, -0.1) is 0 Å². The van der Waals surface area contributed by atoms with Gasteiger partial charge in [-0.05, 0) is 18.6 Å². The summed E-state index contributed by atoms with van der Waals surface area (Å²) in [6, 6.07) is 5.65. The molecule has 0 aromatic heterocycles. The Morgan fingerprint density at radius 2 is 2.04 bits per heavy atom. The van der Waals surface area contributed by atoms with Crippen LogP contribution in [0.25, 0.3) is 0 Å². The van der Waals surface area contributed by atoms with Crippen LogP contribution in [0.1, 0.15) is 31.7 Å². The molecular weight excluding hydrogens is 318 g/mol. The van der Waals surface area contributed by atoms with E-state index in [1.165, 1.54) is 37.3 Å². The molecule has 1 N–H and O–H groups in total. The standard InChI is InChI=1S/C16H17NO7/c1-3-23-15(19)16(20)9-12(8-14(24-16)10(2)18)11-4-6-13(7-5-11)17(21)22/h4-8,12,20H,3,9H2,1-2H3. The lowest BCUT2D eigenvalue weighted by Crippen LogP contribution is -2.46. The lowest BCUT2D eigenvalue weighted by molar-refractivity contribution is -0.384. The van der Waals surface area contributed by atoms with Crippen molar-refractivity contribution in [3.8, 4) is 0 Å². The Bertz CT molecular complexity index is 695. The molecule has 1 heterocycles. The van der Waals surface area contributed by atoms with Gasteiger partial charge in [0.25, 0.3) is 5.69 Å². The summed E-state index contributed by atoms with van der Waals surface area (Å²) >= 11 is 0. The predicted molar refractivity (Wildman–Crippen MR) is 81.9 cm³/mol. The number of carbonyl (C=O) groups excluding carboxylic acids is 2. The highest BCUT2D eigenvalue weighted by atomic mass is 16.7. The van der Waals surface area contributed by atoms with Crippen molar-refractivity contribution >= 4 is 17.4 Å². The molecule has 1 aromatic rings. The van der Waals surface area contributed by atoms with Crippen molar-refractivity contribution in [1.29, 1.82) is 0 Å². The second-order valence-corrected chi connectivity index (χ2v) is 5.35. The molecule has 0 radical (unpaired) electrons. The minimum Gasteiger partial charge on any atom is -0.461 e. The summed E-state index contributed by atoms with van der Waals surface area (Å²) in [6.07, 6.45) is 1.32. The smallest absolute Gasteiger partial charge is 0.379 e. The number of ether oxygens (including phenoxy) is 2. The summed E-state index contributed by atoms with van der Waals surface area (Å²) < 4.78 is 9.95. The molecule has 0 aliphatic carbocycles. The molecular formula is C16H17NO7. The topological polar surface area (TPSA) is 116 Å². The quantitative estimate of drug-likeness (QED) is 0.495. The molecule has 0 spiro atoms. The molecule has 0 amide bonds. The molecule has 0 fully saturated rings. The van der Waals surface area contributed by atoms with Gasteiger partial charge < -0.3 is 14.6 Å². The second-order valence-electron chi connectivity index (χ2n) is 5.35. The number of nitro benzene ring substituents is 1. The number of rotatable bonds is 5. The fourth-order valence-corrected chi connectivity index (χ4v) is 2.41. The molecule has 0 saturated carbocycles. The van der Waals surface area contributed by atoms with Crippen molar-refractivity contribution in [2.24, 2.45) is 0 Å². The molecule has 1 aliphatic heterocycles. The maximum Gasteiger partial charge on any atom is 0.379 e. The van der Waals surface area contributed by atoms with E-state index in [9.17, 15) is 24.8 Å². The number of allylic oxidation sites excluding steroid dienone is 2. The first kappa shape index (κ1) is 17.6. The molecule has 2 unspecified atom stereocenters. The molecule has 8 heteroatoms. The number of benzene rings is 1. The van der Waals surface area contributed by atoms with Crippen LogP contribution >= 0.6 is 0 Å². The Morgan fingerprint density at radius 3 is 2.54 bits per heavy atom. The lowest BCUT2D eigenvalue weighted by atomic mass is 9.88. The fourth-order valence-electron chi connectivity index (χ4n) is 2.41. The van der Waals surface area contributed by atoms with Gasteiger partial charge in [-0.1, -0.05) is 12.1 Å². The fraction of sp³-hybridized carbons (Fsp3) is 0.375. The summed E-state index contributed by atoms with van der Waals surface area (Å²) in [5, 5.41) is 21.2. The number of nitrogens with zero attached hydrogens (tertiary/aromatic N) is 1. The van der Waals surface area contributed by atoms with E-state index in [0.29, 0.717) is 5.56 Å². The molecule has 2 atom stereocenters. The maximum absolute atomic E-state index is 12.0. The van der Waals surface area contributed by atoms with E-state index >= 15 is 0 Å². The van der Waals surface area contributed by atoms with E-state index in [4.69, 9.17) is 9.47 Å². The van der Waals surface area contributed by atoms with Crippen LogP contribution in [-0.4, -0.2) is 34.2 Å². The van der Waals surface area contributed by atoms with Gasteiger partial charge in [-0.2, -0.15) is 0 Å². The van der Waals surface area contributed by atoms with E-state index in [1.54, 1.807) is 6.92 Å². The maximum atomic E-state index is 12.0. The molecule has 24 heavy (non-hydrogen) atoms. The zero-order valence-corrected chi connectivity index (χ0v) is 13.2. The van der Waals surface area contributed by atoms with Crippen molar-refractivity contribution in [2.75, 3.05) is 6.61 Å². The van der Waals surface area contributed by atoms with E-state index in [2.05, 4.69) is 0 Å². The summed E-state index contributed by atoms with van der Waals surface area (Å²) in [6.45, 7) is 2.88. The SMILES string of the molecule is CCOC(=O)C1(O)CC(c2ccc([N+](=O)[O-])cc2)C=C(C(C)=O)O1. The van der Waals surface area contributed by atoms with Gasteiger partial charge in [0.1, 0.15) is 0 Å². The van der Waals surface area contributed by atoms with Crippen molar-refractivity contribution in [2.45, 2.75) is 32.0 Å². The molecule has 1 aliphatic rings. The van der Waals surface area contributed by atoms with Gasteiger partial charge in [0.05, 0.1) is 11.5 Å². The summed E-state index contributed by atoms with van der Waals surface area (Å²) in [7, 11) is 0. The van der Waals surface area contributed by atoms with Crippen molar-refractivity contribution in [3.05, 3.63) is 51.8 Å². The zero-order valence-electron chi connectivity index (χ0n) is 13.2. The first-order chi connectivity index (χ1) is 11.3. The van der Waals surface area contributed by atoms with Gasteiger partial charge in [0.15, 0.2) is 11.5 Å². The number of carbonyl (C=O) groups is 2. The zero-order chi connectivity index (χ0) is 17.9. The van der Waals surface area contributed by atoms with Gasteiger partial charge >= 0.3 is 11.8 Å². The minimum atomic E-state index is -2.28. The largest absolute Gasteiger partial charge is 0.461 e. The van der Waals surface area contributed by atoms with E-state index in [1.807, 2.05) is 0 Å². The van der Waals surface area contributed by atoms with Crippen LogP contribution in [0.4, 0.5) is 5.69 Å². The Kier molecular flexibility index (Phi) is 4.99. The number of nitro groups is 1. The Labute approximate surface area is 137 Å². The number of Topliss-reactive ketones (excluding diaryl/α,β-unsaturated/α-hetero) is 1. The van der Waals surface area contributed by atoms with Crippen LogP contribution < -0.4 is 0 Å².